The highest BCUT2D eigenvalue weighted by atomic mass is 32.2. The van der Waals surface area contributed by atoms with Crippen molar-refractivity contribution in [1.29, 1.82) is 0 Å². The number of nitrogens with one attached hydrogen (secondary N) is 2. The number of carbonyl (C=O) groups is 1. The number of thiol groups is 1. The van der Waals surface area contributed by atoms with Crippen LogP contribution in [0.5, 0.6) is 0 Å². The minimum absolute atomic E-state index is 0.000144. The number of urea groups is 1. The van der Waals surface area contributed by atoms with Crippen molar-refractivity contribution in [2.24, 2.45) is 16.5 Å². The Kier molecular flexibility index (Phi) is 8.58. The molecule has 0 unspecified atom stereocenters. The van der Waals surface area contributed by atoms with Crippen LogP contribution < -0.4 is 16.8 Å². The molecule has 0 aliphatic heterocycles. The van der Waals surface area contributed by atoms with Crippen molar-refractivity contribution >= 4 is 53.0 Å². The van der Waals surface area contributed by atoms with Gasteiger partial charge in [-0.1, -0.05) is 12.8 Å². The predicted molar refractivity (Wildman–Crippen MR) is 110 cm³/mol. The molecule has 26 heavy (non-hydrogen) atoms. The van der Waals surface area contributed by atoms with E-state index in [9.17, 15) is 4.79 Å². The minimum atomic E-state index is -0.192. The summed E-state index contributed by atoms with van der Waals surface area (Å²) in [6.45, 7) is 1.12. The number of aryl methyl sites for hydroxylation is 1. The molecule has 0 saturated heterocycles. The van der Waals surface area contributed by atoms with E-state index in [1.54, 1.807) is 24.3 Å². The molecule has 0 saturated carbocycles. The van der Waals surface area contributed by atoms with Gasteiger partial charge in [-0.05, 0) is 12.8 Å². The summed E-state index contributed by atoms with van der Waals surface area (Å²) in [5.74, 6) is 1.48. The van der Waals surface area contributed by atoms with Gasteiger partial charge in [0.25, 0.3) is 0 Å². The van der Waals surface area contributed by atoms with Crippen LogP contribution in [0.25, 0.3) is 0 Å². The number of nitrogens with two attached hydrogens (primary N) is 2. The molecule has 2 amide bonds. The largest absolute Gasteiger partial charge is 0.370 e. The maximum absolute atomic E-state index is 11.9. The second kappa shape index (κ2) is 10.9. The van der Waals surface area contributed by atoms with Crippen LogP contribution in [0.2, 0.25) is 0 Å². The van der Waals surface area contributed by atoms with Crippen molar-refractivity contribution in [3.05, 3.63) is 29.3 Å². The summed E-state index contributed by atoms with van der Waals surface area (Å²) in [7, 11) is 0. The molecule has 12 heteroatoms. The standard InChI is InChI=1S/C14H22N8OS3/c15-12(16)21-13-20-11(8-26-13)7-25-5-4-22(24)14(23)18-3-1-2-10-6-17-9-19-10/h6,8-9,24H,1-5,7H2,(H,17,19)(H,18,23)(H4,15,16,20,21). The van der Waals surface area contributed by atoms with Crippen molar-refractivity contribution in [1.82, 2.24) is 24.6 Å². The number of imidazole rings is 1. The van der Waals surface area contributed by atoms with E-state index in [0.29, 0.717) is 18.2 Å². The summed E-state index contributed by atoms with van der Waals surface area (Å²) < 4.78 is 1.38. The second-order valence-corrected chi connectivity index (χ2v) is 7.67. The van der Waals surface area contributed by atoms with E-state index in [0.717, 1.165) is 35.7 Å². The lowest BCUT2D eigenvalue weighted by Gasteiger charge is -2.16. The van der Waals surface area contributed by atoms with Crippen molar-refractivity contribution in [3.8, 4) is 0 Å². The van der Waals surface area contributed by atoms with Gasteiger partial charge < -0.3 is 21.8 Å². The van der Waals surface area contributed by atoms with E-state index >= 15 is 0 Å². The number of rotatable bonds is 10. The molecular weight excluding hydrogens is 392 g/mol. The van der Waals surface area contributed by atoms with Gasteiger partial charge in [-0.2, -0.15) is 16.8 Å². The van der Waals surface area contributed by atoms with Crippen LogP contribution in [-0.2, 0) is 12.2 Å². The second-order valence-electron chi connectivity index (χ2n) is 5.25. The Morgan fingerprint density at radius 2 is 2.35 bits per heavy atom. The molecule has 0 aromatic carbocycles. The van der Waals surface area contributed by atoms with Crippen LogP contribution in [0.15, 0.2) is 22.9 Å². The molecule has 6 N–H and O–H groups in total. The van der Waals surface area contributed by atoms with Gasteiger partial charge in [-0.3, -0.25) is 4.31 Å². The van der Waals surface area contributed by atoms with Crippen molar-refractivity contribution in [3.63, 3.8) is 0 Å². The van der Waals surface area contributed by atoms with Gasteiger partial charge in [-0.25, -0.2) is 14.8 Å². The number of aliphatic imine (C=N–C) groups is 1. The molecule has 0 spiro atoms. The molecule has 2 aromatic heterocycles. The number of amides is 2. The van der Waals surface area contributed by atoms with Gasteiger partial charge >= 0.3 is 6.03 Å². The van der Waals surface area contributed by atoms with E-state index in [-0.39, 0.29) is 12.0 Å². The fourth-order valence-electron chi connectivity index (χ4n) is 1.94. The molecule has 9 nitrogen and oxygen atoms in total. The summed E-state index contributed by atoms with van der Waals surface area (Å²) in [5, 5.41) is 5.31. The first-order valence-electron chi connectivity index (χ1n) is 7.88. The van der Waals surface area contributed by atoms with Crippen molar-refractivity contribution in [2.45, 2.75) is 18.6 Å². The molecule has 2 heterocycles. The van der Waals surface area contributed by atoms with Crippen molar-refractivity contribution < 1.29 is 4.79 Å². The van der Waals surface area contributed by atoms with Crippen LogP contribution >= 0.6 is 35.9 Å². The third kappa shape index (κ3) is 7.54. The smallest absolute Gasteiger partial charge is 0.327 e. The summed E-state index contributed by atoms with van der Waals surface area (Å²) >= 11 is 7.27. The van der Waals surface area contributed by atoms with Crippen LogP contribution in [-0.4, -0.2) is 50.1 Å². The number of nitrogens with zero attached hydrogens (tertiary/aromatic N) is 4. The number of hydrogen-bond donors (Lipinski definition) is 5. The number of H-pyrrole nitrogens is 1. The van der Waals surface area contributed by atoms with Crippen LogP contribution in [0.4, 0.5) is 9.93 Å². The lowest BCUT2D eigenvalue weighted by atomic mass is 10.2. The van der Waals surface area contributed by atoms with Crippen molar-refractivity contribution in [2.75, 3.05) is 18.8 Å². The summed E-state index contributed by atoms with van der Waals surface area (Å²) in [6.07, 6.45) is 5.12. The molecule has 0 aliphatic rings. The first-order chi connectivity index (χ1) is 12.5. The highest BCUT2D eigenvalue weighted by Gasteiger charge is 2.09. The van der Waals surface area contributed by atoms with Crippen LogP contribution in [0.3, 0.4) is 0 Å². The average molecular weight is 415 g/mol. The first kappa shape index (κ1) is 20.4. The lowest BCUT2D eigenvalue weighted by Crippen LogP contribution is -2.35. The van der Waals surface area contributed by atoms with Gasteiger partial charge in [0.15, 0.2) is 5.96 Å². The Labute approximate surface area is 165 Å². The van der Waals surface area contributed by atoms with E-state index < -0.39 is 0 Å². The fraction of sp³-hybridized carbons (Fsp3) is 0.429. The average Bonchev–Trinajstić information content (AvgIpc) is 3.26. The first-order valence-corrected chi connectivity index (χ1v) is 10.3. The van der Waals surface area contributed by atoms with Gasteiger partial charge in [0.1, 0.15) is 0 Å². The SMILES string of the molecule is NC(N)=Nc1nc(CSCCN(S)C(=O)NCCCc2cnc[nH]2)cs1. The number of aromatic amines is 1. The molecule has 0 bridgehead atoms. The Morgan fingerprint density at radius 1 is 1.50 bits per heavy atom. The van der Waals surface area contributed by atoms with Crippen LogP contribution in [0.1, 0.15) is 17.8 Å². The third-order valence-electron chi connectivity index (χ3n) is 3.15. The molecule has 2 rings (SSSR count). The molecule has 0 atom stereocenters. The summed E-state index contributed by atoms with van der Waals surface area (Å²) in [4.78, 5) is 27.1. The van der Waals surface area contributed by atoms with E-state index in [1.807, 2.05) is 5.38 Å². The Morgan fingerprint density at radius 3 is 3.08 bits per heavy atom. The Balaban J connectivity index is 1.56. The molecule has 2 aromatic rings. The molecular formula is C14H22N8OS3. The van der Waals surface area contributed by atoms with Gasteiger partial charge in [-0.15, -0.1) is 11.3 Å². The minimum Gasteiger partial charge on any atom is -0.370 e. The number of thiazole rings is 1. The highest BCUT2D eigenvalue weighted by molar-refractivity contribution is 7.98. The third-order valence-corrected chi connectivity index (χ3v) is 5.29. The zero-order chi connectivity index (χ0) is 18.8. The highest BCUT2D eigenvalue weighted by Crippen LogP contribution is 2.21. The zero-order valence-electron chi connectivity index (χ0n) is 14.1. The molecule has 0 aliphatic carbocycles. The maximum Gasteiger partial charge on any atom is 0.327 e. The van der Waals surface area contributed by atoms with E-state index in [1.165, 1.54) is 15.6 Å². The molecule has 0 radical (unpaired) electrons. The number of guanidine groups is 1. The number of hydrogen-bond acceptors (Lipinski definition) is 7. The quantitative estimate of drug-likeness (QED) is 0.173. The normalized spacial score (nSPS) is 10.5. The maximum atomic E-state index is 11.9. The van der Waals surface area contributed by atoms with E-state index in [2.05, 4.69) is 38.1 Å². The van der Waals surface area contributed by atoms with Gasteiger partial charge in [0.2, 0.25) is 5.13 Å². The zero-order valence-corrected chi connectivity index (χ0v) is 16.6. The summed E-state index contributed by atoms with van der Waals surface area (Å²) in [6, 6.07) is -0.192. The molecule has 142 valence electrons. The molecule has 0 fully saturated rings. The van der Waals surface area contributed by atoms with E-state index in [4.69, 9.17) is 11.5 Å². The number of carbonyl (C=O) groups excluding carboxylic acids is 1. The van der Waals surface area contributed by atoms with Gasteiger partial charge in [0, 0.05) is 41.9 Å². The Hall–Kier alpha value is -1.92. The van der Waals surface area contributed by atoms with Gasteiger partial charge in [0.05, 0.1) is 12.0 Å². The fourth-order valence-corrected chi connectivity index (χ4v) is 3.87. The number of aromatic nitrogens is 3. The van der Waals surface area contributed by atoms with Crippen LogP contribution in [0, 0.1) is 0 Å². The predicted octanol–water partition coefficient (Wildman–Crippen LogP) is 1.49. The number of thioether (sulfide) groups is 1. The summed E-state index contributed by atoms with van der Waals surface area (Å²) in [5.41, 5.74) is 12.6. The Bertz CT molecular complexity index is 699. The monoisotopic (exact) mass is 414 g/mol. The lowest BCUT2D eigenvalue weighted by molar-refractivity contribution is 0.227. The topological polar surface area (TPSA) is 138 Å².